The number of carbonyl (C=O) groups excluding carboxylic acids is 1. The number of nitriles is 1. The smallest absolute Gasteiger partial charge is 0.254 e. The molecule has 0 atom stereocenters. The van der Waals surface area contributed by atoms with E-state index in [1.165, 1.54) is 0 Å². The lowest BCUT2D eigenvalue weighted by Crippen LogP contribution is -2.40. The second kappa shape index (κ2) is 6.95. The predicted molar refractivity (Wildman–Crippen MR) is 87.6 cm³/mol. The van der Waals surface area contributed by atoms with Gasteiger partial charge in [0.2, 0.25) is 0 Å². The average Bonchev–Trinajstić information content (AvgIpc) is 2.63. The summed E-state index contributed by atoms with van der Waals surface area (Å²) >= 11 is 0. The van der Waals surface area contributed by atoms with Gasteiger partial charge in [0.05, 0.1) is 24.5 Å². The molecular weight excluding hydrogens is 290 g/mol. The van der Waals surface area contributed by atoms with E-state index >= 15 is 0 Å². The number of rotatable bonds is 3. The van der Waals surface area contributed by atoms with Gasteiger partial charge in [-0.05, 0) is 36.4 Å². The highest BCUT2D eigenvalue weighted by Crippen LogP contribution is 2.21. The second-order valence-electron chi connectivity index (χ2n) is 5.26. The van der Waals surface area contributed by atoms with Crippen LogP contribution in [0.1, 0.15) is 15.9 Å². The van der Waals surface area contributed by atoms with E-state index in [1.807, 2.05) is 30.3 Å². The van der Waals surface area contributed by atoms with E-state index in [1.54, 1.807) is 23.1 Å². The molecule has 0 bridgehead atoms. The number of morpholine rings is 1. The number of hydrogen-bond acceptors (Lipinski definition) is 4. The van der Waals surface area contributed by atoms with Gasteiger partial charge in [0.15, 0.2) is 0 Å². The van der Waals surface area contributed by atoms with Gasteiger partial charge in [0.1, 0.15) is 6.07 Å². The van der Waals surface area contributed by atoms with Gasteiger partial charge >= 0.3 is 0 Å². The molecule has 2 aromatic rings. The Morgan fingerprint density at radius 3 is 2.48 bits per heavy atom. The normalized spacial score (nSPS) is 14.1. The van der Waals surface area contributed by atoms with Crippen LogP contribution in [0.3, 0.4) is 0 Å². The van der Waals surface area contributed by atoms with Crippen LogP contribution in [0.25, 0.3) is 0 Å². The highest BCUT2D eigenvalue weighted by atomic mass is 16.5. The maximum atomic E-state index is 12.4. The summed E-state index contributed by atoms with van der Waals surface area (Å²) in [4.78, 5) is 14.2. The fraction of sp³-hybridized carbons (Fsp3) is 0.222. The van der Waals surface area contributed by atoms with Crippen LogP contribution in [-0.4, -0.2) is 37.1 Å². The molecule has 0 spiro atoms. The van der Waals surface area contributed by atoms with Crippen LogP contribution in [0.2, 0.25) is 0 Å². The molecule has 1 aliphatic rings. The van der Waals surface area contributed by atoms with Gasteiger partial charge in [-0.25, -0.2) is 0 Å². The van der Waals surface area contributed by atoms with Crippen molar-refractivity contribution in [2.24, 2.45) is 0 Å². The Bertz CT molecular complexity index is 729. The molecule has 0 saturated carbocycles. The lowest BCUT2D eigenvalue weighted by molar-refractivity contribution is 0.0303. The SMILES string of the molecule is N#Cc1ccccc1Nc1ccc(C(=O)N2CCOCC2)cc1. The predicted octanol–water partition coefficient (Wildman–Crippen LogP) is 2.77. The first-order chi connectivity index (χ1) is 11.3. The van der Waals surface area contributed by atoms with E-state index in [0.717, 1.165) is 11.4 Å². The third kappa shape index (κ3) is 3.50. The molecule has 2 aromatic carbocycles. The summed E-state index contributed by atoms with van der Waals surface area (Å²) in [6, 6.07) is 16.8. The lowest BCUT2D eigenvalue weighted by Gasteiger charge is -2.26. The zero-order valence-corrected chi connectivity index (χ0v) is 12.7. The summed E-state index contributed by atoms with van der Waals surface area (Å²) in [5.74, 6) is 0.0253. The number of para-hydroxylation sites is 1. The zero-order valence-electron chi connectivity index (χ0n) is 12.7. The summed E-state index contributed by atoms with van der Waals surface area (Å²) in [7, 11) is 0. The molecule has 5 nitrogen and oxygen atoms in total. The number of hydrogen-bond donors (Lipinski definition) is 1. The van der Waals surface area contributed by atoms with E-state index < -0.39 is 0 Å². The number of nitrogens with one attached hydrogen (secondary N) is 1. The molecule has 0 aromatic heterocycles. The van der Waals surface area contributed by atoms with E-state index in [0.29, 0.717) is 37.4 Å². The zero-order chi connectivity index (χ0) is 16.1. The van der Waals surface area contributed by atoms with Gasteiger partial charge < -0.3 is 15.0 Å². The van der Waals surface area contributed by atoms with Crippen LogP contribution in [0.4, 0.5) is 11.4 Å². The molecular formula is C18H17N3O2. The molecule has 23 heavy (non-hydrogen) atoms. The molecule has 116 valence electrons. The molecule has 1 saturated heterocycles. The van der Waals surface area contributed by atoms with Crippen LogP contribution in [0, 0.1) is 11.3 Å². The van der Waals surface area contributed by atoms with Crippen molar-refractivity contribution in [3.8, 4) is 6.07 Å². The standard InChI is InChI=1S/C18H17N3O2/c19-13-15-3-1-2-4-17(15)20-16-7-5-14(6-8-16)18(22)21-9-11-23-12-10-21/h1-8,20H,9-12H2. The second-order valence-corrected chi connectivity index (χ2v) is 5.26. The Labute approximate surface area is 135 Å². The summed E-state index contributed by atoms with van der Waals surface area (Å²) < 4.78 is 5.26. The molecule has 1 fully saturated rings. The number of nitrogens with zero attached hydrogens (tertiary/aromatic N) is 2. The number of benzene rings is 2. The molecule has 1 amide bonds. The van der Waals surface area contributed by atoms with E-state index in [-0.39, 0.29) is 5.91 Å². The highest BCUT2D eigenvalue weighted by molar-refractivity contribution is 5.94. The van der Waals surface area contributed by atoms with Crippen LogP contribution >= 0.6 is 0 Å². The minimum Gasteiger partial charge on any atom is -0.378 e. The molecule has 0 unspecified atom stereocenters. The van der Waals surface area contributed by atoms with Gasteiger partial charge in [-0.15, -0.1) is 0 Å². The van der Waals surface area contributed by atoms with Crippen LogP contribution < -0.4 is 5.32 Å². The van der Waals surface area contributed by atoms with Crippen molar-refractivity contribution in [1.82, 2.24) is 4.90 Å². The molecule has 1 N–H and O–H groups in total. The summed E-state index contributed by atoms with van der Waals surface area (Å²) in [5, 5.41) is 12.3. The third-order valence-electron chi connectivity index (χ3n) is 3.76. The molecule has 0 aliphatic carbocycles. The minimum atomic E-state index is 0.0253. The fourth-order valence-electron chi connectivity index (χ4n) is 2.49. The molecule has 0 radical (unpaired) electrons. The maximum Gasteiger partial charge on any atom is 0.254 e. The number of anilines is 2. The Morgan fingerprint density at radius 2 is 1.78 bits per heavy atom. The van der Waals surface area contributed by atoms with Gasteiger partial charge in [0, 0.05) is 24.3 Å². The van der Waals surface area contributed by atoms with Crippen LogP contribution in [-0.2, 0) is 4.74 Å². The first-order valence-electron chi connectivity index (χ1n) is 7.51. The quantitative estimate of drug-likeness (QED) is 0.947. The van der Waals surface area contributed by atoms with Gasteiger partial charge in [-0.3, -0.25) is 4.79 Å². The van der Waals surface area contributed by atoms with E-state index in [4.69, 9.17) is 10.00 Å². The number of amides is 1. The van der Waals surface area contributed by atoms with Gasteiger partial charge in [-0.2, -0.15) is 5.26 Å². The molecule has 1 heterocycles. The van der Waals surface area contributed by atoms with Gasteiger partial charge in [-0.1, -0.05) is 12.1 Å². The van der Waals surface area contributed by atoms with E-state index in [9.17, 15) is 4.79 Å². The Hall–Kier alpha value is -2.84. The molecule has 3 rings (SSSR count). The topological polar surface area (TPSA) is 65.4 Å². The number of ether oxygens (including phenoxy) is 1. The average molecular weight is 307 g/mol. The Kier molecular flexibility index (Phi) is 4.55. The van der Waals surface area contributed by atoms with Crippen LogP contribution in [0.15, 0.2) is 48.5 Å². The van der Waals surface area contributed by atoms with Crippen molar-refractivity contribution in [2.75, 3.05) is 31.6 Å². The first-order valence-corrected chi connectivity index (χ1v) is 7.51. The van der Waals surface area contributed by atoms with Gasteiger partial charge in [0.25, 0.3) is 5.91 Å². The lowest BCUT2D eigenvalue weighted by atomic mass is 10.1. The van der Waals surface area contributed by atoms with Crippen molar-refractivity contribution in [1.29, 1.82) is 5.26 Å². The highest BCUT2D eigenvalue weighted by Gasteiger charge is 2.18. The van der Waals surface area contributed by atoms with Crippen molar-refractivity contribution >= 4 is 17.3 Å². The van der Waals surface area contributed by atoms with Crippen molar-refractivity contribution in [3.05, 3.63) is 59.7 Å². The van der Waals surface area contributed by atoms with Crippen molar-refractivity contribution in [3.63, 3.8) is 0 Å². The minimum absolute atomic E-state index is 0.0253. The monoisotopic (exact) mass is 307 g/mol. The van der Waals surface area contributed by atoms with Crippen LogP contribution in [0.5, 0.6) is 0 Å². The Balaban J connectivity index is 1.72. The fourth-order valence-corrected chi connectivity index (χ4v) is 2.49. The van der Waals surface area contributed by atoms with Crippen molar-refractivity contribution in [2.45, 2.75) is 0 Å². The summed E-state index contributed by atoms with van der Waals surface area (Å²) in [5.41, 5.74) is 2.83. The first kappa shape index (κ1) is 15.1. The number of carbonyl (C=O) groups is 1. The Morgan fingerprint density at radius 1 is 1.09 bits per heavy atom. The molecule has 5 heteroatoms. The van der Waals surface area contributed by atoms with Crippen molar-refractivity contribution < 1.29 is 9.53 Å². The third-order valence-corrected chi connectivity index (χ3v) is 3.76. The van der Waals surface area contributed by atoms with E-state index in [2.05, 4.69) is 11.4 Å². The largest absolute Gasteiger partial charge is 0.378 e. The summed E-state index contributed by atoms with van der Waals surface area (Å²) in [6.07, 6.45) is 0. The maximum absolute atomic E-state index is 12.4. The summed E-state index contributed by atoms with van der Waals surface area (Å²) in [6.45, 7) is 2.45. The molecule has 1 aliphatic heterocycles.